The predicted octanol–water partition coefficient (Wildman–Crippen LogP) is 0.832. The van der Waals surface area contributed by atoms with Gasteiger partial charge in [0.05, 0.1) is 11.8 Å². The molecule has 0 aliphatic carbocycles. The Kier molecular flexibility index (Phi) is 2.24. The summed E-state index contributed by atoms with van der Waals surface area (Å²) >= 11 is 0. The summed E-state index contributed by atoms with van der Waals surface area (Å²) in [5.41, 5.74) is 0.777. The van der Waals surface area contributed by atoms with Crippen molar-refractivity contribution in [2.24, 2.45) is 0 Å². The summed E-state index contributed by atoms with van der Waals surface area (Å²) in [6.07, 6.45) is -0.245. The molecule has 0 saturated heterocycles. The first-order valence-electron chi connectivity index (χ1n) is 4.15. The molecule has 1 aromatic carbocycles. The Hall–Kier alpha value is -1.40. The van der Waals surface area contributed by atoms with Gasteiger partial charge in [0, 0.05) is 5.56 Å². The first kappa shape index (κ1) is 10.1. The molecule has 0 N–H and O–H groups in total. The highest BCUT2D eigenvalue weighted by Gasteiger charge is 2.33. The fourth-order valence-electron chi connectivity index (χ4n) is 1.34. The first-order valence-corrected chi connectivity index (χ1v) is 5.97. The molecule has 1 atom stereocenters. The van der Waals surface area contributed by atoms with Crippen molar-refractivity contribution in [1.82, 2.24) is 0 Å². The molecule has 1 aromatic rings. The van der Waals surface area contributed by atoms with E-state index in [9.17, 15) is 13.2 Å². The highest BCUT2D eigenvalue weighted by Crippen LogP contribution is 2.31. The zero-order valence-corrected chi connectivity index (χ0v) is 8.65. The lowest BCUT2D eigenvalue weighted by molar-refractivity contribution is -0.0339. The van der Waals surface area contributed by atoms with E-state index in [1.807, 2.05) is 0 Å². The number of rotatable bonds is 2. The Morgan fingerprint density at radius 1 is 1.33 bits per heavy atom. The lowest BCUT2D eigenvalue weighted by Crippen LogP contribution is -2.10. The summed E-state index contributed by atoms with van der Waals surface area (Å²) in [4.78, 5) is 11.3. The number of hydrogen-bond donors (Lipinski definition) is 0. The van der Waals surface area contributed by atoms with Crippen LogP contribution in [0.2, 0.25) is 0 Å². The van der Waals surface area contributed by atoms with Crippen LogP contribution in [0.25, 0.3) is 0 Å². The average Bonchev–Trinajstić information content (AvgIpc) is 2.42. The number of carbonyl (C=O) groups is 1. The van der Waals surface area contributed by atoms with E-state index in [2.05, 4.69) is 4.18 Å². The lowest BCUT2D eigenvalue weighted by atomic mass is 10.1. The highest BCUT2D eigenvalue weighted by atomic mass is 32.2. The molecule has 0 aromatic heterocycles. The fourth-order valence-corrected chi connectivity index (χ4v) is 1.80. The minimum absolute atomic E-state index is 0.339. The van der Waals surface area contributed by atoms with Gasteiger partial charge in [0.25, 0.3) is 10.1 Å². The maximum Gasteiger partial charge on any atom is 0.341 e. The van der Waals surface area contributed by atoms with Crippen molar-refractivity contribution in [3.8, 4) is 0 Å². The lowest BCUT2D eigenvalue weighted by Gasteiger charge is -2.08. The van der Waals surface area contributed by atoms with Crippen LogP contribution in [0.4, 0.5) is 0 Å². The Morgan fingerprint density at radius 3 is 2.67 bits per heavy atom. The molecule has 1 heterocycles. The van der Waals surface area contributed by atoms with Crippen LogP contribution in [0, 0.1) is 0 Å². The van der Waals surface area contributed by atoms with Gasteiger partial charge in [0.15, 0.2) is 0 Å². The monoisotopic (exact) mass is 228 g/mol. The summed E-state index contributed by atoms with van der Waals surface area (Å²) in [5, 5.41) is 0. The molecule has 0 fully saturated rings. The summed E-state index contributed by atoms with van der Waals surface area (Å²) in [6, 6.07) is 6.50. The smallest absolute Gasteiger partial charge is 0.341 e. The average molecular weight is 228 g/mol. The molecular weight excluding hydrogens is 220 g/mol. The van der Waals surface area contributed by atoms with E-state index in [0.717, 1.165) is 6.26 Å². The molecule has 1 aliphatic heterocycles. The van der Waals surface area contributed by atoms with E-state index >= 15 is 0 Å². The molecule has 0 radical (unpaired) electrons. The Morgan fingerprint density at radius 2 is 2.00 bits per heavy atom. The number of esters is 1. The highest BCUT2D eigenvalue weighted by molar-refractivity contribution is 7.86. The second-order valence-electron chi connectivity index (χ2n) is 3.12. The summed E-state index contributed by atoms with van der Waals surface area (Å²) < 4.78 is 31.2. The molecule has 0 saturated carbocycles. The molecular formula is C9H8O5S. The van der Waals surface area contributed by atoms with Crippen molar-refractivity contribution < 1.29 is 22.1 Å². The van der Waals surface area contributed by atoms with Gasteiger partial charge in [-0.25, -0.2) is 8.98 Å². The summed E-state index contributed by atoms with van der Waals surface area (Å²) in [7, 11) is -3.65. The van der Waals surface area contributed by atoms with E-state index in [0.29, 0.717) is 11.1 Å². The molecule has 80 valence electrons. The van der Waals surface area contributed by atoms with Crippen LogP contribution >= 0.6 is 0 Å². The van der Waals surface area contributed by atoms with Crippen molar-refractivity contribution in [2.75, 3.05) is 6.26 Å². The largest absolute Gasteiger partial charge is 0.426 e. The second kappa shape index (κ2) is 3.32. The van der Waals surface area contributed by atoms with Crippen LogP contribution in [0.15, 0.2) is 24.3 Å². The first-order chi connectivity index (χ1) is 6.97. The molecule has 1 aliphatic rings. The van der Waals surface area contributed by atoms with Crippen LogP contribution < -0.4 is 0 Å². The Bertz CT molecular complexity index is 505. The van der Waals surface area contributed by atoms with Crippen molar-refractivity contribution in [3.05, 3.63) is 35.4 Å². The molecule has 1 unspecified atom stereocenters. The topological polar surface area (TPSA) is 69.7 Å². The van der Waals surface area contributed by atoms with Crippen molar-refractivity contribution in [3.63, 3.8) is 0 Å². The summed E-state index contributed by atoms with van der Waals surface area (Å²) in [6.45, 7) is 0. The third kappa shape index (κ3) is 2.00. The molecule has 0 amide bonds. The summed E-state index contributed by atoms with van der Waals surface area (Å²) in [5.74, 6) is -0.570. The third-order valence-corrected chi connectivity index (χ3v) is 2.44. The molecule has 0 bridgehead atoms. The number of carbonyl (C=O) groups excluding carboxylic acids is 1. The molecule has 15 heavy (non-hydrogen) atoms. The minimum Gasteiger partial charge on any atom is -0.426 e. The van der Waals surface area contributed by atoms with E-state index in [-0.39, 0.29) is 0 Å². The molecule has 6 heteroatoms. The third-order valence-electron chi connectivity index (χ3n) is 1.91. The number of cyclic esters (lactones) is 1. The quantitative estimate of drug-likeness (QED) is 0.554. The number of ether oxygens (including phenoxy) is 1. The van der Waals surface area contributed by atoms with Crippen LogP contribution in [0.1, 0.15) is 22.2 Å². The SMILES string of the molecule is CS(=O)(=O)OC1OC(=O)c2ccccc21. The van der Waals surface area contributed by atoms with Gasteiger partial charge >= 0.3 is 5.97 Å². The van der Waals surface area contributed by atoms with Crippen LogP contribution in [-0.2, 0) is 19.0 Å². The molecule has 2 rings (SSSR count). The van der Waals surface area contributed by atoms with Gasteiger partial charge in [-0.1, -0.05) is 18.2 Å². The van der Waals surface area contributed by atoms with Gasteiger partial charge in [-0.2, -0.15) is 8.42 Å². The fraction of sp³-hybridized carbons (Fsp3) is 0.222. The standard InChI is InChI=1S/C9H8O5S/c1-15(11,12)14-9-7-5-3-2-4-6(7)8(10)13-9/h2-5,9H,1H3. The van der Waals surface area contributed by atoms with Crippen LogP contribution in [-0.4, -0.2) is 20.6 Å². The van der Waals surface area contributed by atoms with Gasteiger partial charge in [-0.3, -0.25) is 0 Å². The van der Waals surface area contributed by atoms with Crippen molar-refractivity contribution in [1.29, 1.82) is 0 Å². The maximum atomic E-state index is 11.3. The van der Waals surface area contributed by atoms with E-state index in [1.54, 1.807) is 24.3 Å². The minimum atomic E-state index is -3.65. The van der Waals surface area contributed by atoms with E-state index in [1.165, 1.54) is 0 Å². The van der Waals surface area contributed by atoms with Crippen molar-refractivity contribution in [2.45, 2.75) is 6.29 Å². The van der Waals surface area contributed by atoms with Crippen LogP contribution in [0.3, 0.4) is 0 Å². The van der Waals surface area contributed by atoms with Gasteiger partial charge in [-0.15, -0.1) is 0 Å². The van der Waals surface area contributed by atoms with Crippen LogP contribution in [0.5, 0.6) is 0 Å². The predicted molar refractivity (Wildman–Crippen MR) is 50.5 cm³/mol. The van der Waals surface area contributed by atoms with Crippen molar-refractivity contribution >= 4 is 16.1 Å². The number of fused-ring (bicyclic) bond motifs is 1. The molecule has 5 nitrogen and oxygen atoms in total. The van der Waals surface area contributed by atoms with Gasteiger partial charge in [0.2, 0.25) is 6.29 Å². The number of benzene rings is 1. The van der Waals surface area contributed by atoms with E-state index < -0.39 is 22.4 Å². The Balaban J connectivity index is 2.37. The van der Waals surface area contributed by atoms with Gasteiger partial charge in [0.1, 0.15) is 0 Å². The number of hydrogen-bond acceptors (Lipinski definition) is 5. The second-order valence-corrected chi connectivity index (χ2v) is 4.73. The zero-order chi connectivity index (χ0) is 11.1. The maximum absolute atomic E-state index is 11.3. The zero-order valence-electron chi connectivity index (χ0n) is 7.84. The Labute approximate surface area is 86.7 Å². The van der Waals surface area contributed by atoms with E-state index in [4.69, 9.17) is 4.74 Å². The van der Waals surface area contributed by atoms with Gasteiger partial charge < -0.3 is 4.74 Å². The normalized spacial score (nSPS) is 19.8. The molecule has 0 spiro atoms. The van der Waals surface area contributed by atoms with Gasteiger partial charge in [-0.05, 0) is 6.07 Å².